The van der Waals surface area contributed by atoms with Crippen LogP contribution in [0.25, 0.3) is 99.2 Å². The van der Waals surface area contributed by atoms with Crippen molar-refractivity contribution in [2.45, 2.75) is 0 Å². The molecule has 5 heteroatoms. The van der Waals surface area contributed by atoms with Crippen molar-refractivity contribution in [1.29, 1.82) is 0 Å². The van der Waals surface area contributed by atoms with Crippen LogP contribution < -0.4 is 4.74 Å². The van der Waals surface area contributed by atoms with E-state index in [4.69, 9.17) is 24.1 Å². The molecule has 0 fully saturated rings. The highest BCUT2D eigenvalue weighted by molar-refractivity contribution is 6.26. The predicted octanol–water partition coefficient (Wildman–Crippen LogP) is 11.5. The number of ether oxygens (including phenoxy) is 1. The maximum absolute atomic E-state index is 6.77. The van der Waals surface area contributed by atoms with Crippen LogP contribution in [-0.4, -0.2) is 15.0 Å². The Bertz CT molecular complexity index is 2980. The lowest BCUT2D eigenvalue weighted by atomic mass is 9.92. The van der Waals surface area contributed by atoms with Gasteiger partial charge in [-0.05, 0) is 51.9 Å². The summed E-state index contributed by atoms with van der Waals surface area (Å²) in [5.74, 6) is 3.31. The van der Waals surface area contributed by atoms with Gasteiger partial charge in [0.25, 0.3) is 0 Å². The molecule has 0 unspecified atom stereocenters. The van der Waals surface area contributed by atoms with E-state index in [0.717, 1.165) is 82.4 Å². The maximum atomic E-state index is 6.77. The van der Waals surface area contributed by atoms with Gasteiger partial charge < -0.3 is 9.15 Å². The molecule has 0 bridgehead atoms. The van der Waals surface area contributed by atoms with E-state index < -0.39 is 0 Å². The van der Waals surface area contributed by atoms with Gasteiger partial charge in [0.05, 0.1) is 5.56 Å². The minimum Gasteiger partial charge on any atom is -0.455 e. The van der Waals surface area contributed by atoms with Crippen molar-refractivity contribution >= 4 is 65.0 Å². The van der Waals surface area contributed by atoms with Gasteiger partial charge in [-0.1, -0.05) is 109 Å². The van der Waals surface area contributed by atoms with Crippen molar-refractivity contribution in [3.8, 4) is 45.7 Å². The summed E-state index contributed by atoms with van der Waals surface area (Å²) < 4.78 is 13.3. The summed E-state index contributed by atoms with van der Waals surface area (Å²) in [7, 11) is 0. The molecule has 0 amide bonds. The number of benzene rings is 8. The van der Waals surface area contributed by atoms with Crippen molar-refractivity contribution < 1.29 is 9.15 Å². The van der Waals surface area contributed by atoms with Crippen LogP contribution in [0.5, 0.6) is 11.5 Å². The molecule has 0 saturated carbocycles. The van der Waals surface area contributed by atoms with Gasteiger partial charge in [-0.3, -0.25) is 0 Å². The molecule has 1 aliphatic rings. The largest absolute Gasteiger partial charge is 0.455 e. The number of fused-ring (bicyclic) bond motifs is 5. The molecule has 10 aromatic rings. The van der Waals surface area contributed by atoms with Gasteiger partial charge in [-0.2, -0.15) is 0 Å². The third-order valence-corrected chi connectivity index (χ3v) is 9.66. The number of hydrogen-bond donors (Lipinski definition) is 0. The molecular formula is C43H23N3O2. The zero-order valence-corrected chi connectivity index (χ0v) is 25.4. The van der Waals surface area contributed by atoms with E-state index in [0.29, 0.717) is 17.5 Å². The van der Waals surface area contributed by atoms with Gasteiger partial charge in [0.1, 0.15) is 22.7 Å². The molecule has 0 radical (unpaired) electrons. The average molecular weight is 614 g/mol. The lowest BCUT2D eigenvalue weighted by Gasteiger charge is -2.22. The van der Waals surface area contributed by atoms with Crippen LogP contribution in [-0.2, 0) is 0 Å². The van der Waals surface area contributed by atoms with Gasteiger partial charge in [-0.15, -0.1) is 0 Å². The molecule has 0 atom stereocenters. The topological polar surface area (TPSA) is 61.0 Å². The maximum Gasteiger partial charge on any atom is 0.167 e. The fraction of sp³-hybridized carbons (Fsp3) is 0. The van der Waals surface area contributed by atoms with Crippen LogP contribution in [0.1, 0.15) is 0 Å². The summed E-state index contributed by atoms with van der Waals surface area (Å²) in [6.07, 6.45) is 0. The van der Waals surface area contributed by atoms with Gasteiger partial charge >= 0.3 is 0 Å². The molecule has 222 valence electrons. The smallest absolute Gasteiger partial charge is 0.167 e. The Labute approximate surface area is 273 Å². The molecule has 0 aliphatic carbocycles. The van der Waals surface area contributed by atoms with E-state index in [-0.39, 0.29) is 0 Å². The average Bonchev–Trinajstić information content (AvgIpc) is 3.53. The summed E-state index contributed by atoms with van der Waals surface area (Å²) in [5.41, 5.74) is 4.25. The highest BCUT2D eigenvalue weighted by Crippen LogP contribution is 2.50. The quantitative estimate of drug-likeness (QED) is 0.186. The highest BCUT2D eigenvalue weighted by Gasteiger charge is 2.24. The molecule has 1 aliphatic heterocycles. The number of nitrogens with zero attached hydrogens (tertiary/aromatic N) is 3. The first-order valence-electron chi connectivity index (χ1n) is 16.0. The Morgan fingerprint density at radius 2 is 1.08 bits per heavy atom. The van der Waals surface area contributed by atoms with Gasteiger partial charge in [0, 0.05) is 43.4 Å². The van der Waals surface area contributed by atoms with Crippen molar-refractivity contribution in [3.05, 3.63) is 140 Å². The van der Waals surface area contributed by atoms with Crippen LogP contribution in [0.2, 0.25) is 0 Å². The molecule has 2 aromatic heterocycles. The Hall–Kier alpha value is -6.59. The van der Waals surface area contributed by atoms with Gasteiger partial charge in [0.2, 0.25) is 0 Å². The highest BCUT2D eigenvalue weighted by atomic mass is 16.5. The Morgan fingerprint density at radius 1 is 0.417 bits per heavy atom. The Kier molecular flexibility index (Phi) is 5.05. The number of rotatable bonds is 3. The Balaban J connectivity index is 1.16. The zero-order chi connectivity index (χ0) is 31.3. The van der Waals surface area contributed by atoms with Gasteiger partial charge in [0.15, 0.2) is 17.5 Å². The lowest BCUT2D eigenvalue weighted by molar-refractivity contribution is 0.494. The second-order valence-electron chi connectivity index (χ2n) is 12.4. The first kappa shape index (κ1) is 25.6. The predicted molar refractivity (Wildman–Crippen MR) is 194 cm³/mol. The van der Waals surface area contributed by atoms with E-state index in [9.17, 15) is 0 Å². The van der Waals surface area contributed by atoms with Crippen molar-refractivity contribution in [2.75, 3.05) is 0 Å². The second kappa shape index (κ2) is 9.47. The monoisotopic (exact) mass is 613 g/mol. The summed E-state index contributed by atoms with van der Waals surface area (Å²) in [5, 5.41) is 11.3. The third kappa shape index (κ3) is 3.58. The van der Waals surface area contributed by atoms with Crippen LogP contribution in [0.4, 0.5) is 0 Å². The number of furan rings is 1. The minimum absolute atomic E-state index is 0.551. The molecule has 0 spiro atoms. The summed E-state index contributed by atoms with van der Waals surface area (Å²) in [6.45, 7) is 0. The SMILES string of the molecule is c1ccc(-c2nc(-c3ccc4c(c3)oc3c5ccccc5ccc43)nc(-c3ccc4ccc5ccc6cccc7c6c5c4c3O7)n2)cc1. The molecule has 0 saturated heterocycles. The van der Waals surface area contributed by atoms with E-state index in [1.807, 2.05) is 60.7 Å². The second-order valence-corrected chi connectivity index (χ2v) is 12.4. The van der Waals surface area contributed by atoms with E-state index in [1.165, 1.54) is 10.8 Å². The molecular weight excluding hydrogens is 590 g/mol. The molecule has 5 nitrogen and oxygen atoms in total. The zero-order valence-electron chi connectivity index (χ0n) is 25.4. The first-order chi connectivity index (χ1) is 23.8. The van der Waals surface area contributed by atoms with Crippen molar-refractivity contribution in [1.82, 2.24) is 15.0 Å². The normalized spacial score (nSPS) is 12.3. The summed E-state index contributed by atoms with van der Waals surface area (Å²) in [6, 6.07) is 48.0. The number of hydrogen-bond acceptors (Lipinski definition) is 5. The van der Waals surface area contributed by atoms with Crippen molar-refractivity contribution in [3.63, 3.8) is 0 Å². The van der Waals surface area contributed by atoms with Crippen LogP contribution in [0.3, 0.4) is 0 Å². The summed E-state index contributed by atoms with van der Waals surface area (Å²) in [4.78, 5) is 15.2. The van der Waals surface area contributed by atoms with Crippen LogP contribution in [0.15, 0.2) is 144 Å². The Morgan fingerprint density at radius 3 is 1.96 bits per heavy atom. The third-order valence-electron chi connectivity index (χ3n) is 9.66. The minimum atomic E-state index is 0.551. The van der Waals surface area contributed by atoms with E-state index in [1.54, 1.807) is 0 Å². The van der Waals surface area contributed by atoms with E-state index >= 15 is 0 Å². The fourth-order valence-corrected chi connectivity index (χ4v) is 7.41. The fourth-order valence-electron chi connectivity index (χ4n) is 7.41. The molecule has 11 rings (SSSR count). The summed E-state index contributed by atoms with van der Waals surface area (Å²) >= 11 is 0. The standard InChI is InChI=1S/C43H23N3O2/c1-2-8-28(9-3-1)41-44-42(29-19-20-31-32-21-17-24-7-4-5-11-30(24)39(32)48-35(31)23-29)46-43(45-41)33-22-18-27-16-15-26-14-13-25-10-6-12-34-36(25)37(26)38(27)40(33)47-34/h1-23H. The molecule has 3 heterocycles. The van der Waals surface area contributed by atoms with E-state index in [2.05, 4.69) is 78.9 Å². The van der Waals surface area contributed by atoms with Crippen molar-refractivity contribution in [2.24, 2.45) is 0 Å². The molecule has 48 heavy (non-hydrogen) atoms. The molecule has 8 aromatic carbocycles. The van der Waals surface area contributed by atoms with Crippen LogP contribution in [0, 0.1) is 0 Å². The number of aromatic nitrogens is 3. The first-order valence-corrected chi connectivity index (χ1v) is 16.0. The van der Waals surface area contributed by atoms with Gasteiger partial charge in [-0.25, -0.2) is 15.0 Å². The molecule has 0 N–H and O–H groups in total. The van der Waals surface area contributed by atoms with Crippen LogP contribution >= 0.6 is 0 Å². The lowest BCUT2D eigenvalue weighted by Crippen LogP contribution is -2.03.